The van der Waals surface area contributed by atoms with E-state index in [1.165, 1.54) is 212 Å². The predicted molar refractivity (Wildman–Crippen MR) is 325 cm³/mol. The van der Waals surface area contributed by atoms with Crippen molar-refractivity contribution in [2.75, 3.05) is 13.2 Å². The Labute approximate surface area is 466 Å². The number of hydrogen-bond acceptors (Lipinski definition) is 6. The van der Waals surface area contributed by atoms with E-state index in [2.05, 4.69) is 81.5 Å². The lowest BCUT2D eigenvalue weighted by molar-refractivity contribution is -0.167. The van der Waals surface area contributed by atoms with Crippen molar-refractivity contribution in [3.05, 3.63) is 60.8 Å². The minimum absolute atomic E-state index is 0.0755. The lowest BCUT2D eigenvalue weighted by atomic mass is 10.0. The molecule has 0 rings (SSSR count). The van der Waals surface area contributed by atoms with Gasteiger partial charge in [-0.05, 0) is 83.5 Å². The number of ether oxygens (including phenoxy) is 3. The first kappa shape index (κ1) is 72.1. The van der Waals surface area contributed by atoms with Crippen LogP contribution in [0.3, 0.4) is 0 Å². The molecular weight excluding hydrogens is 925 g/mol. The molecule has 0 amide bonds. The summed E-state index contributed by atoms with van der Waals surface area (Å²) >= 11 is 0. The van der Waals surface area contributed by atoms with Gasteiger partial charge in [0.25, 0.3) is 0 Å². The number of rotatable bonds is 60. The molecular formula is C69H124O6. The lowest BCUT2D eigenvalue weighted by Crippen LogP contribution is -2.30. The third-order valence-corrected chi connectivity index (χ3v) is 14.5. The third-order valence-electron chi connectivity index (χ3n) is 14.5. The molecule has 0 bridgehead atoms. The summed E-state index contributed by atoms with van der Waals surface area (Å²) in [4.78, 5) is 38.4. The summed E-state index contributed by atoms with van der Waals surface area (Å²) in [6, 6.07) is 0. The van der Waals surface area contributed by atoms with Crippen LogP contribution in [0.4, 0.5) is 0 Å². The molecule has 75 heavy (non-hydrogen) atoms. The first-order chi connectivity index (χ1) is 37.0. The fourth-order valence-electron chi connectivity index (χ4n) is 9.61. The molecule has 0 fully saturated rings. The Morgan fingerprint density at radius 3 is 0.827 bits per heavy atom. The molecule has 0 spiro atoms. The van der Waals surface area contributed by atoms with Crippen LogP contribution < -0.4 is 0 Å². The van der Waals surface area contributed by atoms with Crippen LogP contribution in [-0.2, 0) is 28.6 Å². The number of unbranched alkanes of at least 4 members (excludes halogenated alkanes) is 39. The van der Waals surface area contributed by atoms with E-state index in [4.69, 9.17) is 14.2 Å². The molecule has 0 heterocycles. The normalized spacial score (nSPS) is 12.4. The number of allylic oxidation sites excluding steroid dienone is 10. The Balaban J connectivity index is 4.36. The molecule has 0 aromatic rings. The zero-order valence-corrected chi connectivity index (χ0v) is 50.1. The highest BCUT2D eigenvalue weighted by atomic mass is 16.6. The molecule has 6 nitrogen and oxygen atoms in total. The van der Waals surface area contributed by atoms with Crippen LogP contribution in [0.2, 0.25) is 0 Å². The second-order valence-corrected chi connectivity index (χ2v) is 22.0. The molecule has 0 aliphatic heterocycles. The van der Waals surface area contributed by atoms with Crippen molar-refractivity contribution < 1.29 is 28.6 Å². The van der Waals surface area contributed by atoms with Crippen molar-refractivity contribution in [1.82, 2.24) is 0 Å². The lowest BCUT2D eigenvalue weighted by Gasteiger charge is -2.18. The van der Waals surface area contributed by atoms with Crippen LogP contribution >= 0.6 is 0 Å². The van der Waals surface area contributed by atoms with Gasteiger partial charge in [0.15, 0.2) is 6.10 Å². The molecule has 0 aromatic carbocycles. The average molecular weight is 1050 g/mol. The van der Waals surface area contributed by atoms with Crippen LogP contribution in [0.5, 0.6) is 0 Å². The van der Waals surface area contributed by atoms with Crippen LogP contribution in [0.1, 0.15) is 342 Å². The van der Waals surface area contributed by atoms with E-state index >= 15 is 0 Å². The Morgan fingerprint density at radius 2 is 0.520 bits per heavy atom. The molecule has 0 saturated carbocycles. The van der Waals surface area contributed by atoms with Crippen molar-refractivity contribution >= 4 is 17.9 Å². The van der Waals surface area contributed by atoms with Gasteiger partial charge in [0.1, 0.15) is 13.2 Å². The highest BCUT2D eigenvalue weighted by Crippen LogP contribution is 2.17. The SMILES string of the molecule is CC/C=C\C/C=C\C/C=C\C/C=C\CCCCCCCCCCC(=O)OCC(COC(=O)CCCCCCCCC/C=C\CCCCCCCC)OC(=O)CCCCCCCCCCCCCCCCCCCCC. The summed E-state index contributed by atoms with van der Waals surface area (Å²) in [5.41, 5.74) is 0. The predicted octanol–water partition coefficient (Wildman–Crippen LogP) is 22.3. The topological polar surface area (TPSA) is 78.9 Å². The third kappa shape index (κ3) is 61.8. The van der Waals surface area contributed by atoms with Crippen molar-refractivity contribution in [3.63, 3.8) is 0 Å². The summed E-state index contributed by atoms with van der Waals surface area (Å²) in [5.74, 6) is -0.866. The summed E-state index contributed by atoms with van der Waals surface area (Å²) in [6.45, 7) is 6.57. The number of hydrogen-bond donors (Lipinski definition) is 0. The van der Waals surface area contributed by atoms with E-state index in [1.807, 2.05) is 0 Å². The zero-order valence-electron chi connectivity index (χ0n) is 50.1. The van der Waals surface area contributed by atoms with Gasteiger partial charge in [-0.1, -0.05) is 300 Å². The van der Waals surface area contributed by atoms with Gasteiger partial charge in [-0.2, -0.15) is 0 Å². The Hall–Kier alpha value is -2.89. The maximum Gasteiger partial charge on any atom is 0.306 e. The smallest absolute Gasteiger partial charge is 0.306 e. The van der Waals surface area contributed by atoms with Gasteiger partial charge in [-0.25, -0.2) is 0 Å². The van der Waals surface area contributed by atoms with Crippen molar-refractivity contribution in [2.24, 2.45) is 0 Å². The molecule has 1 atom stereocenters. The summed E-state index contributed by atoms with van der Waals surface area (Å²) in [6.07, 6.45) is 80.8. The molecule has 1 unspecified atom stereocenters. The van der Waals surface area contributed by atoms with Gasteiger partial charge < -0.3 is 14.2 Å². The van der Waals surface area contributed by atoms with E-state index < -0.39 is 6.10 Å². The molecule has 0 aromatic heterocycles. The molecule has 0 N–H and O–H groups in total. The van der Waals surface area contributed by atoms with Crippen molar-refractivity contribution in [3.8, 4) is 0 Å². The maximum atomic E-state index is 12.9. The molecule has 0 aliphatic rings. The minimum atomic E-state index is -0.779. The first-order valence-electron chi connectivity index (χ1n) is 32.8. The second-order valence-electron chi connectivity index (χ2n) is 22.0. The Bertz CT molecular complexity index is 1340. The summed E-state index contributed by atoms with van der Waals surface area (Å²) in [5, 5.41) is 0. The van der Waals surface area contributed by atoms with Gasteiger partial charge >= 0.3 is 17.9 Å². The summed E-state index contributed by atoms with van der Waals surface area (Å²) < 4.78 is 17.0. The van der Waals surface area contributed by atoms with E-state index in [0.717, 1.165) is 89.9 Å². The minimum Gasteiger partial charge on any atom is -0.462 e. The standard InChI is InChI=1S/C69H124O6/c1-4-7-10-13-16-19-22-25-28-31-33-34-36-38-41-44-47-50-53-56-59-62-68(71)74-65-66(64-73-67(70)61-58-55-52-49-46-43-40-37-30-27-24-21-18-15-12-9-6-3)75-69(72)63-60-57-54-51-48-45-42-39-35-32-29-26-23-20-17-14-11-8-5-2/h7,10,16,19,25,27-28,30,33-34,66H,4-6,8-9,11-15,17-18,20-24,26,29,31-32,35-65H2,1-3H3/b10-7-,19-16-,28-25-,30-27-,34-33-. The monoisotopic (exact) mass is 1050 g/mol. The summed E-state index contributed by atoms with van der Waals surface area (Å²) in [7, 11) is 0. The Kier molecular flexibility index (Phi) is 61.2. The van der Waals surface area contributed by atoms with Gasteiger partial charge in [-0.15, -0.1) is 0 Å². The van der Waals surface area contributed by atoms with Crippen molar-refractivity contribution in [1.29, 1.82) is 0 Å². The van der Waals surface area contributed by atoms with Gasteiger partial charge in [0, 0.05) is 19.3 Å². The van der Waals surface area contributed by atoms with Crippen molar-refractivity contribution in [2.45, 2.75) is 348 Å². The van der Waals surface area contributed by atoms with E-state index in [0.29, 0.717) is 19.3 Å². The van der Waals surface area contributed by atoms with E-state index in [1.54, 1.807) is 0 Å². The van der Waals surface area contributed by atoms with Crippen LogP contribution in [0, 0.1) is 0 Å². The van der Waals surface area contributed by atoms with Gasteiger partial charge in [-0.3, -0.25) is 14.4 Å². The van der Waals surface area contributed by atoms with Crippen LogP contribution in [0.15, 0.2) is 60.8 Å². The quantitative estimate of drug-likeness (QED) is 0.0261. The van der Waals surface area contributed by atoms with Crippen LogP contribution in [-0.4, -0.2) is 37.2 Å². The fourth-order valence-corrected chi connectivity index (χ4v) is 9.61. The maximum absolute atomic E-state index is 12.9. The zero-order chi connectivity index (χ0) is 54.3. The number of carbonyl (C=O) groups excluding carboxylic acids is 3. The Morgan fingerprint density at radius 1 is 0.280 bits per heavy atom. The molecule has 436 valence electrons. The molecule has 0 saturated heterocycles. The highest BCUT2D eigenvalue weighted by molar-refractivity contribution is 5.71. The highest BCUT2D eigenvalue weighted by Gasteiger charge is 2.19. The molecule has 0 radical (unpaired) electrons. The fraction of sp³-hybridized carbons (Fsp3) is 0.812. The van der Waals surface area contributed by atoms with E-state index in [9.17, 15) is 14.4 Å². The van der Waals surface area contributed by atoms with E-state index in [-0.39, 0.29) is 31.1 Å². The largest absolute Gasteiger partial charge is 0.462 e. The molecule has 6 heteroatoms. The van der Waals surface area contributed by atoms with Gasteiger partial charge in [0.05, 0.1) is 0 Å². The van der Waals surface area contributed by atoms with Crippen LogP contribution in [0.25, 0.3) is 0 Å². The second kappa shape index (κ2) is 63.6. The van der Waals surface area contributed by atoms with Gasteiger partial charge in [0.2, 0.25) is 0 Å². The molecule has 0 aliphatic carbocycles. The number of carbonyl (C=O) groups is 3. The average Bonchev–Trinajstić information content (AvgIpc) is 3.41. The number of esters is 3. The first-order valence-corrected chi connectivity index (χ1v) is 32.8.